The Hall–Kier alpha value is -2.59. The molecule has 28 heavy (non-hydrogen) atoms. The van der Waals surface area contributed by atoms with Crippen molar-refractivity contribution < 1.29 is 28.7 Å². The van der Waals surface area contributed by atoms with Crippen LogP contribution in [0.3, 0.4) is 0 Å². The summed E-state index contributed by atoms with van der Waals surface area (Å²) in [5.74, 6) is -1.33. The van der Waals surface area contributed by atoms with E-state index < -0.39 is 24.0 Å². The van der Waals surface area contributed by atoms with Crippen LogP contribution in [0.1, 0.15) is 17.3 Å². The smallest absolute Gasteiger partial charge is 0.340 e. The van der Waals surface area contributed by atoms with Gasteiger partial charge in [0.1, 0.15) is 0 Å². The third-order valence-corrected chi connectivity index (χ3v) is 4.92. The van der Waals surface area contributed by atoms with Gasteiger partial charge in [-0.15, -0.1) is 11.8 Å². The summed E-state index contributed by atoms with van der Waals surface area (Å²) in [5, 5.41) is 5.22. The van der Waals surface area contributed by atoms with Gasteiger partial charge in [0.05, 0.1) is 17.9 Å². The van der Waals surface area contributed by atoms with Crippen molar-refractivity contribution in [2.75, 3.05) is 39.1 Å². The molecule has 0 aromatic heterocycles. The Bertz CT molecular complexity index is 742. The number of esters is 1. The van der Waals surface area contributed by atoms with Crippen LogP contribution in [0.15, 0.2) is 29.2 Å². The Morgan fingerprint density at radius 3 is 2.75 bits per heavy atom. The van der Waals surface area contributed by atoms with Crippen LogP contribution in [0.25, 0.3) is 0 Å². The summed E-state index contributed by atoms with van der Waals surface area (Å²) in [5.41, 5.74) is 0.253. The molecule has 1 fully saturated rings. The van der Waals surface area contributed by atoms with E-state index in [2.05, 4.69) is 10.6 Å². The number of hydrogen-bond donors (Lipinski definition) is 2. The predicted molar refractivity (Wildman–Crippen MR) is 102 cm³/mol. The summed E-state index contributed by atoms with van der Waals surface area (Å²) < 4.78 is 10.1. The molecule has 1 aromatic carbocycles. The first kappa shape index (κ1) is 21.7. The van der Waals surface area contributed by atoms with Crippen LogP contribution < -0.4 is 10.6 Å². The third-order valence-electron chi connectivity index (χ3n) is 3.85. The van der Waals surface area contributed by atoms with Gasteiger partial charge < -0.3 is 20.1 Å². The van der Waals surface area contributed by atoms with Gasteiger partial charge in [-0.25, -0.2) is 9.59 Å². The summed E-state index contributed by atoms with van der Waals surface area (Å²) in [6, 6.07) is 6.17. The summed E-state index contributed by atoms with van der Waals surface area (Å²) >= 11 is 1.19. The first-order chi connectivity index (χ1) is 13.4. The molecule has 2 N–H and O–H groups in total. The molecule has 1 unspecified atom stereocenters. The lowest BCUT2D eigenvalue weighted by atomic mass is 10.2. The number of amides is 4. The molecule has 1 heterocycles. The highest BCUT2D eigenvalue weighted by atomic mass is 32.2. The minimum Gasteiger partial charge on any atom is -0.449 e. The van der Waals surface area contributed by atoms with E-state index in [1.807, 2.05) is 0 Å². The molecule has 1 atom stereocenters. The molecule has 0 saturated carbocycles. The minimum atomic E-state index is -1.10. The van der Waals surface area contributed by atoms with E-state index >= 15 is 0 Å². The van der Waals surface area contributed by atoms with Gasteiger partial charge in [0, 0.05) is 31.6 Å². The fourth-order valence-corrected chi connectivity index (χ4v) is 3.29. The zero-order valence-corrected chi connectivity index (χ0v) is 16.5. The van der Waals surface area contributed by atoms with Crippen molar-refractivity contribution in [2.24, 2.45) is 0 Å². The fourth-order valence-electron chi connectivity index (χ4n) is 2.42. The van der Waals surface area contributed by atoms with Gasteiger partial charge in [0.15, 0.2) is 6.10 Å². The molecule has 0 aliphatic carbocycles. The van der Waals surface area contributed by atoms with Crippen molar-refractivity contribution in [3.05, 3.63) is 29.8 Å². The number of carbonyl (C=O) groups is 4. The lowest BCUT2D eigenvalue weighted by molar-refractivity contribution is -0.136. The van der Waals surface area contributed by atoms with Gasteiger partial charge in [-0.1, -0.05) is 12.1 Å². The summed E-state index contributed by atoms with van der Waals surface area (Å²) in [4.78, 5) is 49.8. The number of hydrogen-bond acceptors (Lipinski definition) is 7. The van der Waals surface area contributed by atoms with Crippen LogP contribution in [-0.4, -0.2) is 73.9 Å². The zero-order chi connectivity index (χ0) is 20.5. The van der Waals surface area contributed by atoms with E-state index in [9.17, 15) is 19.2 Å². The number of urea groups is 1. The second kappa shape index (κ2) is 10.7. The van der Waals surface area contributed by atoms with Crippen molar-refractivity contribution in [1.29, 1.82) is 0 Å². The molecule has 9 nitrogen and oxygen atoms in total. The average Bonchev–Trinajstić information content (AvgIpc) is 3.12. The second-order valence-electron chi connectivity index (χ2n) is 5.90. The Balaban J connectivity index is 1.95. The van der Waals surface area contributed by atoms with E-state index in [1.54, 1.807) is 31.4 Å². The van der Waals surface area contributed by atoms with E-state index in [0.717, 1.165) is 4.90 Å². The topological polar surface area (TPSA) is 114 Å². The molecule has 10 heteroatoms. The maximum Gasteiger partial charge on any atom is 0.340 e. The van der Waals surface area contributed by atoms with Crippen LogP contribution in [0.5, 0.6) is 0 Å². The Kier molecular flexibility index (Phi) is 8.27. The van der Waals surface area contributed by atoms with Crippen LogP contribution in [0, 0.1) is 0 Å². The Morgan fingerprint density at radius 2 is 2.07 bits per heavy atom. The zero-order valence-electron chi connectivity index (χ0n) is 15.7. The summed E-state index contributed by atoms with van der Waals surface area (Å²) in [6.07, 6.45) is -1.10. The molecular formula is C18H23N3O6S. The number of imide groups is 1. The van der Waals surface area contributed by atoms with Crippen molar-refractivity contribution in [3.63, 3.8) is 0 Å². The van der Waals surface area contributed by atoms with E-state index in [0.29, 0.717) is 24.6 Å². The molecule has 1 saturated heterocycles. The second-order valence-corrected chi connectivity index (χ2v) is 6.91. The van der Waals surface area contributed by atoms with Gasteiger partial charge in [-0.05, 0) is 19.1 Å². The highest BCUT2D eigenvalue weighted by molar-refractivity contribution is 8.00. The molecule has 0 bridgehead atoms. The summed E-state index contributed by atoms with van der Waals surface area (Å²) in [6.45, 7) is 2.86. The first-order valence-electron chi connectivity index (χ1n) is 8.71. The highest BCUT2D eigenvalue weighted by Crippen LogP contribution is 2.23. The number of ether oxygens (including phenoxy) is 2. The van der Waals surface area contributed by atoms with Gasteiger partial charge in [0.25, 0.3) is 5.91 Å². The number of rotatable bonds is 9. The molecule has 1 aromatic rings. The van der Waals surface area contributed by atoms with Crippen molar-refractivity contribution >= 4 is 35.6 Å². The maximum atomic E-state index is 12.5. The quantitative estimate of drug-likeness (QED) is 0.349. The van der Waals surface area contributed by atoms with Gasteiger partial charge >= 0.3 is 12.0 Å². The van der Waals surface area contributed by atoms with Gasteiger partial charge in [-0.3, -0.25) is 14.5 Å². The summed E-state index contributed by atoms with van der Waals surface area (Å²) in [7, 11) is 1.55. The molecule has 2 rings (SSSR count). The van der Waals surface area contributed by atoms with Crippen LogP contribution in [0.4, 0.5) is 4.79 Å². The molecule has 0 radical (unpaired) electrons. The molecular weight excluding hydrogens is 386 g/mol. The standard InChI is InChI=1S/C18H23N3O6S/c1-12(16(23)21-9-7-20-18(21)25)27-17(24)13-5-3-4-6-14(13)28-11-15(22)19-8-10-26-2/h3-6,12H,7-11H2,1-2H3,(H,19,22)(H,20,25). The molecule has 1 aliphatic heterocycles. The SMILES string of the molecule is COCCNC(=O)CSc1ccccc1C(=O)OC(C)C(=O)N1CCNC1=O. The largest absolute Gasteiger partial charge is 0.449 e. The number of thioether (sulfide) groups is 1. The number of nitrogens with zero attached hydrogens (tertiary/aromatic N) is 1. The Morgan fingerprint density at radius 1 is 1.32 bits per heavy atom. The molecule has 152 valence electrons. The lowest BCUT2D eigenvalue weighted by Gasteiger charge is -2.18. The number of nitrogens with one attached hydrogen (secondary N) is 2. The highest BCUT2D eigenvalue weighted by Gasteiger charge is 2.32. The molecule has 4 amide bonds. The molecule has 1 aliphatic rings. The fraction of sp³-hybridized carbons (Fsp3) is 0.444. The maximum absolute atomic E-state index is 12.5. The number of benzene rings is 1. The average molecular weight is 409 g/mol. The monoisotopic (exact) mass is 409 g/mol. The van der Waals surface area contributed by atoms with E-state index in [1.165, 1.54) is 18.7 Å². The third kappa shape index (κ3) is 5.96. The lowest BCUT2D eigenvalue weighted by Crippen LogP contribution is -2.41. The van der Waals surface area contributed by atoms with Crippen LogP contribution >= 0.6 is 11.8 Å². The first-order valence-corrected chi connectivity index (χ1v) is 9.70. The van der Waals surface area contributed by atoms with Crippen molar-refractivity contribution in [3.8, 4) is 0 Å². The predicted octanol–water partition coefficient (Wildman–Crippen LogP) is 0.638. The van der Waals surface area contributed by atoms with E-state index in [4.69, 9.17) is 9.47 Å². The number of methoxy groups -OCH3 is 1. The van der Waals surface area contributed by atoms with E-state index in [-0.39, 0.29) is 23.8 Å². The minimum absolute atomic E-state index is 0.121. The van der Waals surface area contributed by atoms with Crippen LogP contribution in [-0.2, 0) is 19.1 Å². The number of carbonyl (C=O) groups excluding carboxylic acids is 4. The van der Waals surface area contributed by atoms with Crippen molar-refractivity contribution in [1.82, 2.24) is 15.5 Å². The molecule has 0 spiro atoms. The van der Waals surface area contributed by atoms with Crippen molar-refractivity contribution in [2.45, 2.75) is 17.9 Å². The van der Waals surface area contributed by atoms with Gasteiger partial charge in [-0.2, -0.15) is 0 Å². The van der Waals surface area contributed by atoms with Gasteiger partial charge in [0.2, 0.25) is 5.91 Å². The Labute approximate surface area is 167 Å². The normalized spacial score (nSPS) is 14.4. The van der Waals surface area contributed by atoms with Crippen LogP contribution in [0.2, 0.25) is 0 Å².